The second kappa shape index (κ2) is 10.5. The smallest absolute Gasteiger partial charge is 0.324 e. The monoisotopic (exact) mass is 490 g/mol. The molecule has 12 heteroatoms. The van der Waals surface area contributed by atoms with Crippen molar-refractivity contribution < 1.29 is 18.4 Å². The zero-order valence-electron chi connectivity index (χ0n) is 22.7. The molecule has 0 radical (unpaired) electrons. The number of aryl methyl sites for hydroxylation is 2. The summed E-state index contributed by atoms with van der Waals surface area (Å²) in [6.45, 7) is -0.869. The summed E-state index contributed by atoms with van der Waals surface area (Å²) in [5, 5.41) is 22.3. The third-order valence-electron chi connectivity index (χ3n) is 4.97. The molecule has 3 amide bonds. The highest BCUT2D eigenvalue weighted by Gasteiger charge is 2.19. The summed E-state index contributed by atoms with van der Waals surface area (Å²) in [4.78, 5) is 29.6. The van der Waals surface area contributed by atoms with Crippen molar-refractivity contribution in [2.75, 3.05) is 30.0 Å². The number of urea groups is 1. The van der Waals surface area contributed by atoms with Gasteiger partial charge in [-0.3, -0.25) is 14.8 Å². The van der Waals surface area contributed by atoms with Crippen molar-refractivity contribution in [3.8, 4) is 17.1 Å². The molecule has 0 fully saturated rings. The van der Waals surface area contributed by atoms with Crippen LogP contribution in [0.3, 0.4) is 0 Å². The normalized spacial score (nSPS) is 12.0. The van der Waals surface area contributed by atoms with Crippen molar-refractivity contribution >= 4 is 34.8 Å². The Kier molecular flexibility index (Phi) is 5.95. The minimum absolute atomic E-state index is 0.00500. The van der Waals surface area contributed by atoms with Crippen LogP contribution in [0, 0.1) is 6.92 Å². The van der Waals surface area contributed by atoms with E-state index in [-0.39, 0.29) is 17.2 Å². The van der Waals surface area contributed by atoms with Gasteiger partial charge in [-0.1, -0.05) is 18.2 Å². The number of hydrogen-bond acceptors (Lipinski definition) is 8. The van der Waals surface area contributed by atoms with Gasteiger partial charge < -0.3 is 20.7 Å². The summed E-state index contributed by atoms with van der Waals surface area (Å²) in [6, 6.07) is 13.1. The fourth-order valence-electron chi connectivity index (χ4n) is 3.42. The number of para-hydroxylation sites is 1. The molecule has 0 unspecified atom stereocenters. The number of nitrogens with zero attached hydrogens (tertiary/aromatic N) is 5. The van der Waals surface area contributed by atoms with E-state index in [9.17, 15) is 9.59 Å². The van der Waals surface area contributed by atoms with Crippen molar-refractivity contribution in [1.82, 2.24) is 30.3 Å². The van der Waals surface area contributed by atoms with Crippen LogP contribution in [0.25, 0.3) is 11.4 Å². The third-order valence-corrected chi connectivity index (χ3v) is 4.97. The Labute approximate surface area is 211 Å². The molecule has 4 N–H and O–H groups in total. The maximum atomic E-state index is 12.8. The Bertz CT molecular complexity index is 1520. The lowest BCUT2D eigenvalue weighted by Gasteiger charge is -2.16. The van der Waals surface area contributed by atoms with Gasteiger partial charge in [-0.25, -0.2) is 9.78 Å². The number of aromatic nitrogens is 5. The summed E-state index contributed by atoms with van der Waals surface area (Å²) in [5.41, 5.74) is 2.22. The average Bonchev–Trinajstić information content (AvgIpc) is 3.29. The molecule has 2 aromatic heterocycles. The summed E-state index contributed by atoms with van der Waals surface area (Å²) in [7, 11) is 3.19. The predicted molar refractivity (Wildman–Crippen MR) is 136 cm³/mol. The SMILES string of the molecule is [2H]C([2H])([2H])NC(=O)c1nnc(NC(=O)Nc2cccc(C)c2)cc1Nc1cccc(-c2ncn(C)n2)c1OC. The lowest BCUT2D eigenvalue weighted by molar-refractivity contribution is 0.0958. The minimum atomic E-state index is -2.76. The number of anilines is 4. The van der Waals surface area contributed by atoms with Gasteiger partial charge in [0.15, 0.2) is 23.1 Å². The third kappa shape index (κ3) is 5.38. The lowest BCUT2D eigenvalue weighted by Crippen LogP contribution is -2.23. The number of nitrogens with one attached hydrogen (secondary N) is 4. The molecule has 2 aromatic carbocycles. The van der Waals surface area contributed by atoms with Crippen LogP contribution in [0.15, 0.2) is 54.9 Å². The van der Waals surface area contributed by atoms with Gasteiger partial charge in [0.2, 0.25) is 0 Å². The molecule has 0 aliphatic rings. The molecule has 4 rings (SSSR count). The van der Waals surface area contributed by atoms with Gasteiger partial charge in [0.05, 0.1) is 24.0 Å². The molecule has 0 atom stereocenters. The van der Waals surface area contributed by atoms with E-state index in [2.05, 4.69) is 36.2 Å². The molecule has 0 spiro atoms. The number of amides is 3. The zero-order valence-corrected chi connectivity index (χ0v) is 19.7. The van der Waals surface area contributed by atoms with Gasteiger partial charge in [-0.05, 0) is 36.8 Å². The highest BCUT2D eigenvalue weighted by Crippen LogP contribution is 2.37. The number of benzene rings is 2. The molecule has 0 aliphatic carbocycles. The van der Waals surface area contributed by atoms with Crippen molar-refractivity contribution in [2.45, 2.75) is 6.92 Å². The molecule has 2 heterocycles. The van der Waals surface area contributed by atoms with E-state index in [1.54, 1.807) is 54.5 Å². The fraction of sp³-hybridized carbons (Fsp3) is 0.167. The van der Waals surface area contributed by atoms with Crippen LogP contribution in [0.5, 0.6) is 5.75 Å². The van der Waals surface area contributed by atoms with E-state index in [0.29, 0.717) is 28.5 Å². The molecule has 12 nitrogen and oxygen atoms in total. The van der Waals surface area contributed by atoms with Gasteiger partial charge in [-0.15, -0.1) is 10.2 Å². The van der Waals surface area contributed by atoms with E-state index in [0.717, 1.165) is 5.56 Å². The highest BCUT2D eigenvalue weighted by atomic mass is 16.5. The standard InChI is InChI=1S/C24H25N9O3/c1-14-7-5-8-15(11-14)27-24(35)29-19-12-18(20(31-30-19)23(34)25-2)28-17-10-6-9-16(21(17)36-4)22-26-13-33(3)32-22/h5-13H,1-4H3,(H,25,34)(H3,27,28,29,30,35)/i2D3. The van der Waals surface area contributed by atoms with Gasteiger partial charge in [0.1, 0.15) is 6.33 Å². The number of ether oxygens (including phenoxy) is 1. The molecular weight excluding hydrogens is 462 g/mol. The largest absolute Gasteiger partial charge is 0.494 e. The number of rotatable bonds is 7. The summed E-state index contributed by atoms with van der Waals surface area (Å²) in [6.07, 6.45) is 1.54. The first-order valence-corrected chi connectivity index (χ1v) is 10.7. The van der Waals surface area contributed by atoms with Crippen LogP contribution >= 0.6 is 0 Å². The maximum Gasteiger partial charge on any atom is 0.324 e. The van der Waals surface area contributed by atoms with Gasteiger partial charge in [-0.2, -0.15) is 5.10 Å². The highest BCUT2D eigenvalue weighted by molar-refractivity contribution is 6.01. The Hall–Kier alpha value is -5.00. The van der Waals surface area contributed by atoms with Crippen LogP contribution in [-0.2, 0) is 7.05 Å². The van der Waals surface area contributed by atoms with E-state index in [4.69, 9.17) is 8.85 Å². The van der Waals surface area contributed by atoms with Crippen molar-refractivity contribution in [2.24, 2.45) is 7.05 Å². The predicted octanol–water partition coefficient (Wildman–Crippen LogP) is 3.34. The maximum absolute atomic E-state index is 12.8. The first-order valence-electron chi connectivity index (χ1n) is 12.2. The van der Waals surface area contributed by atoms with Crippen LogP contribution in [-0.4, -0.2) is 51.0 Å². The van der Waals surface area contributed by atoms with E-state index < -0.39 is 18.9 Å². The fourth-order valence-corrected chi connectivity index (χ4v) is 3.42. The average molecular weight is 491 g/mol. The van der Waals surface area contributed by atoms with E-state index in [1.165, 1.54) is 13.2 Å². The Morgan fingerprint density at radius 1 is 1.06 bits per heavy atom. The Morgan fingerprint density at radius 3 is 2.61 bits per heavy atom. The lowest BCUT2D eigenvalue weighted by atomic mass is 10.1. The molecular formula is C24H25N9O3. The second-order valence-corrected chi connectivity index (χ2v) is 7.65. The Balaban J connectivity index is 1.68. The van der Waals surface area contributed by atoms with Gasteiger partial charge in [0, 0.05) is 29.9 Å². The summed E-state index contributed by atoms with van der Waals surface area (Å²) < 4.78 is 29.3. The topological polar surface area (TPSA) is 148 Å². The first kappa shape index (κ1) is 20.4. The van der Waals surface area contributed by atoms with Crippen LogP contribution in [0.1, 0.15) is 20.2 Å². The molecule has 184 valence electrons. The van der Waals surface area contributed by atoms with E-state index in [1.807, 2.05) is 18.3 Å². The molecule has 0 saturated heterocycles. The van der Waals surface area contributed by atoms with Crippen LogP contribution < -0.4 is 26.0 Å². The minimum Gasteiger partial charge on any atom is -0.494 e. The molecule has 36 heavy (non-hydrogen) atoms. The summed E-state index contributed by atoms with van der Waals surface area (Å²) in [5.74, 6) is -0.243. The van der Waals surface area contributed by atoms with Crippen molar-refractivity contribution in [3.63, 3.8) is 0 Å². The quantitative estimate of drug-likeness (QED) is 0.308. The Morgan fingerprint density at radius 2 is 1.89 bits per heavy atom. The van der Waals surface area contributed by atoms with Gasteiger partial charge >= 0.3 is 6.03 Å². The van der Waals surface area contributed by atoms with Crippen molar-refractivity contribution in [1.29, 1.82) is 0 Å². The number of carbonyl (C=O) groups is 2. The first-order chi connectivity index (χ1) is 18.5. The van der Waals surface area contributed by atoms with Crippen LogP contribution in [0.4, 0.5) is 27.7 Å². The molecule has 0 saturated carbocycles. The second-order valence-electron chi connectivity index (χ2n) is 7.65. The number of carbonyl (C=O) groups excluding carboxylic acids is 2. The zero-order chi connectivity index (χ0) is 28.2. The van der Waals surface area contributed by atoms with Crippen LogP contribution in [0.2, 0.25) is 0 Å². The molecule has 4 aromatic rings. The molecule has 0 aliphatic heterocycles. The van der Waals surface area contributed by atoms with Crippen molar-refractivity contribution in [3.05, 3.63) is 66.1 Å². The van der Waals surface area contributed by atoms with Gasteiger partial charge in [0.25, 0.3) is 5.91 Å². The molecule has 0 bridgehead atoms. The van der Waals surface area contributed by atoms with E-state index >= 15 is 0 Å². The summed E-state index contributed by atoms with van der Waals surface area (Å²) >= 11 is 0. The number of hydrogen-bond donors (Lipinski definition) is 4. The number of methoxy groups -OCH3 is 1.